The van der Waals surface area contributed by atoms with Crippen LogP contribution in [-0.4, -0.2) is 75.6 Å². The number of anilines is 1. The number of hydrogen-bond acceptors (Lipinski definition) is 8. The Morgan fingerprint density at radius 2 is 1.92 bits per heavy atom. The van der Waals surface area contributed by atoms with Crippen LogP contribution < -0.4 is 4.90 Å². The Morgan fingerprint density at radius 3 is 2.61 bits per heavy atom. The third kappa shape index (κ3) is 8.05. The molecule has 0 unspecified atom stereocenters. The third-order valence-electron chi connectivity index (χ3n) is 5.67. The van der Waals surface area contributed by atoms with E-state index in [0.717, 1.165) is 41.4 Å². The molecule has 0 spiro atoms. The van der Waals surface area contributed by atoms with Crippen molar-refractivity contribution >= 4 is 78.2 Å². The lowest BCUT2D eigenvalue weighted by Crippen LogP contribution is -2.43. The highest BCUT2D eigenvalue weighted by Crippen LogP contribution is 2.31. The number of thiazole rings is 1. The minimum Gasteiger partial charge on any atom is -0.379 e. The van der Waals surface area contributed by atoms with E-state index < -0.39 is 9.84 Å². The lowest BCUT2D eigenvalue weighted by atomic mass is 10.3. The van der Waals surface area contributed by atoms with Crippen LogP contribution >= 0.6 is 47.1 Å². The number of thioether (sulfide) groups is 1. The quantitative estimate of drug-likeness (QED) is 0.243. The van der Waals surface area contributed by atoms with Crippen LogP contribution in [0, 0.1) is 0 Å². The van der Waals surface area contributed by atoms with Gasteiger partial charge in [-0.1, -0.05) is 22.9 Å². The molecule has 0 atom stereocenters. The normalized spacial score (nSPS) is 14.5. The second-order valence-electron chi connectivity index (χ2n) is 8.30. The summed E-state index contributed by atoms with van der Waals surface area (Å²) < 4.78 is 30.1. The van der Waals surface area contributed by atoms with Crippen LogP contribution in [0.2, 0.25) is 5.02 Å². The zero-order valence-corrected chi connectivity index (χ0v) is 23.9. The first-order valence-corrected chi connectivity index (χ1v) is 15.5. The zero-order chi connectivity index (χ0) is 24.8. The maximum atomic E-state index is 13.3. The van der Waals surface area contributed by atoms with Gasteiger partial charge in [0.1, 0.15) is 0 Å². The fourth-order valence-corrected chi connectivity index (χ4v) is 6.46. The number of aromatic nitrogens is 1. The van der Waals surface area contributed by atoms with Gasteiger partial charge >= 0.3 is 0 Å². The predicted molar refractivity (Wildman–Crippen MR) is 151 cm³/mol. The molecule has 0 aliphatic carbocycles. The molecule has 0 bridgehead atoms. The monoisotopic (exact) mass is 589 g/mol. The largest absolute Gasteiger partial charge is 0.379 e. The van der Waals surface area contributed by atoms with Crippen molar-refractivity contribution in [2.75, 3.05) is 56.3 Å². The molecule has 1 amide bonds. The summed E-state index contributed by atoms with van der Waals surface area (Å²) in [5, 5.41) is 1.31. The van der Waals surface area contributed by atoms with Crippen LogP contribution in [0.1, 0.15) is 12.8 Å². The van der Waals surface area contributed by atoms with E-state index in [9.17, 15) is 13.2 Å². The molecule has 1 aliphatic rings. The second-order valence-corrected chi connectivity index (χ2v) is 12.9. The molecule has 4 rings (SSSR count). The molecule has 0 radical (unpaired) electrons. The first-order valence-electron chi connectivity index (χ1n) is 11.4. The highest BCUT2D eigenvalue weighted by atomic mass is 35.5. The standard InChI is InChI=1S/C24H28ClN3O4S3.ClH/c1-35(30,31)20-8-9-21-22(17-20)34-24(26-21)28(11-10-27-12-14-32-15-13-27)23(29)3-2-16-33-19-6-4-18(25)5-7-19;/h4-9,17H,2-3,10-16H2,1H3;1H. The van der Waals surface area contributed by atoms with Gasteiger partial charge in [-0.15, -0.1) is 24.2 Å². The summed E-state index contributed by atoms with van der Waals surface area (Å²) in [4.78, 5) is 23.4. The van der Waals surface area contributed by atoms with Crippen LogP contribution in [0.5, 0.6) is 0 Å². The van der Waals surface area contributed by atoms with E-state index in [0.29, 0.717) is 41.9 Å². The molecule has 1 aromatic heterocycles. The minimum absolute atomic E-state index is 0. The Labute approximate surface area is 231 Å². The maximum Gasteiger partial charge on any atom is 0.228 e. The number of hydrogen-bond donors (Lipinski definition) is 0. The van der Waals surface area contributed by atoms with Gasteiger partial charge in [0.05, 0.1) is 28.3 Å². The molecule has 36 heavy (non-hydrogen) atoms. The molecule has 3 aromatic rings. The molecule has 0 saturated carbocycles. The zero-order valence-electron chi connectivity index (χ0n) is 19.9. The van der Waals surface area contributed by atoms with Gasteiger partial charge in [-0.3, -0.25) is 14.6 Å². The van der Waals surface area contributed by atoms with Crippen molar-refractivity contribution < 1.29 is 17.9 Å². The number of amides is 1. The van der Waals surface area contributed by atoms with Crippen molar-refractivity contribution in [3.8, 4) is 0 Å². The Balaban J connectivity index is 0.00000361. The van der Waals surface area contributed by atoms with Crippen molar-refractivity contribution in [1.29, 1.82) is 0 Å². The Kier molecular flexibility index (Phi) is 10.9. The number of carbonyl (C=O) groups excluding carboxylic acids is 1. The van der Waals surface area contributed by atoms with E-state index in [4.69, 9.17) is 16.3 Å². The number of halogens is 2. The van der Waals surface area contributed by atoms with Gasteiger partial charge in [-0.2, -0.15) is 0 Å². The Morgan fingerprint density at radius 1 is 1.19 bits per heavy atom. The van der Waals surface area contributed by atoms with Crippen molar-refractivity contribution in [1.82, 2.24) is 9.88 Å². The van der Waals surface area contributed by atoms with E-state index in [1.165, 1.54) is 17.6 Å². The Hall–Kier alpha value is -1.40. The number of carbonyl (C=O) groups is 1. The summed E-state index contributed by atoms with van der Waals surface area (Å²) >= 11 is 9.01. The number of rotatable bonds is 10. The Bertz CT molecular complexity index is 1260. The van der Waals surface area contributed by atoms with Gasteiger partial charge in [0.2, 0.25) is 5.91 Å². The number of ether oxygens (including phenoxy) is 1. The fourth-order valence-electron chi connectivity index (χ4n) is 3.71. The van der Waals surface area contributed by atoms with Crippen molar-refractivity contribution in [2.45, 2.75) is 22.6 Å². The average molecular weight is 591 g/mol. The molecule has 1 saturated heterocycles. The summed E-state index contributed by atoms with van der Waals surface area (Å²) in [5.41, 5.74) is 0.694. The number of sulfone groups is 1. The number of morpholine rings is 1. The van der Waals surface area contributed by atoms with Gasteiger partial charge in [0, 0.05) is 48.8 Å². The van der Waals surface area contributed by atoms with E-state index >= 15 is 0 Å². The molecule has 1 fully saturated rings. The maximum absolute atomic E-state index is 13.3. The van der Waals surface area contributed by atoms with E-state index in [2.05, 4.69) is 9.88 Å². The molecule has 0 N–H and O–H groups in total. The minimum atomic E-state index is -3.32. The lowest BCUT2D eigenvalue weighted by molar-refractivity contribution is -0.118. The van der Waals surface area contributed by atoms with Crippen molar-refractivity contribution in [2.24, 2.45) is 0 Å². The third-order valence-corrected chi connectivity index (χ3v) is 9.17. The number of fused-ring (bicyclic) bond motifs is 1. The second kappa shape index (κ2) is 13.4. The highest BCUT2D eigenvalue weighted by Gasteiger charge is 2.22. The number of benzene rings is 2. The molecule has 2 aromatic carbocycles. The molecule has 12 heteroatoms. The van der Waals surface area contributed by atoms with Gasteiger partial charge in [0.15, 0.2) is 15.0 Å². The average Bonchev–Trinajstić information content (AvgIpc) is 3.26. The van der Waals surface area contributed by atoms with Gasteiger partial charge in [0.25, 0.3) is 0 Å². The summed E-state index contributed by atoms with van der Waals surface area (Å²) in [6.45, 7) is 4.35. The highest BCUT2D eigenvalue weighted by molar-refractivity contribution is 7.99. The van der Waals surface area contributed by atoms with Crippen molar-refractivity contribution in [3.63, 3.8) is 0 Å². The van der Waals surface area contributed by atoms with Crippen LogP contribution in [0.15, 0.2) is 52.3 Å². The van der Waals surface area contributed by atoms with E-state index in [1.54, 1.807) is 34.9 Å². The summed E-state index contributed by atoms with van der Waals surface area (Å²) in [7, 11) is -3.32. The topological polar surface area (TPSA) is 79.8 Å². The SMILES string of the molecule is CS(=O)(=O)c1ccc2nc(N(CCN3CCOCC3)C(=O)CCCSc3ccc(Cl)cc3)sc2c1.Cl. The molecule has 196 valence electrons. The molecule has 7 nitrogen and oxygen atoms in total. The smallest absolute Gasteiger partial charge is 0.228 e. The van der Waals surface area contributed by atoms with Crippen LogP contribution in [0.3, 0.4) is 0 Å². The van der Waals surface area contributed by atoms with E-state index in [1.807, 2.05) is 24.3 Å². The summed E-state index contributed by atoms with van der Waals surface area (Å²) in [6.07, 6.45) is 2.34. The summed E-state index contributed by atoms with van der Waals surface area (Å²) in [6, 6.07) is 12.6. The van der Waals surface area contributed by atoms with Gasteiger partial charge < -0.3 is 4.74 Å². The van der Waals surface area contributed by atoms with Gasteiger partial charge in [-0.25, -0.2) is 13.4 Å². The van der Waals surface area contributed by atoms with Crippen LogP contribution in [-0.2, 0) is 19.4 Å². The van der Waals surface area contributed by atoms with Gasteiger partial charge in [-0.05, 0) is 54.6 Å². The van der Waals surface area contributed by atoms with Crippen molar-refractivity contribution in [3.05, 3.63) is 47.5 Å². The van der Waals surface area contributed by atoms with Crippen LogP contribution in [0.4, 0.5) is 5.13 Å². The first-order chi connectivity index (χ1) is 16.8. The van der Waals surface area contributed by atoms with E-state index in [-0.39, 0.29) is 23.2 Å². The fraction of sp³-hybridized carbons (Fsp3) is 0.417. The number of nitrogens with zero attached hydrogens (tertiary/aromatic N) is 3. The predicted octanol–water partition coefficient (Wildman–Crippen LogP) is 5.01. The van der Waals surface area contributed by atoms with Crippen LogP contribution in [0.25, 0.3) is 10.2 Å². The molecule has 2 heterocycles. The lowest BCUT2D eigenvalue weighted by Gasteiger charge is -2.29. The first kappa shape index (κ1) is 29.2. The molecular formula is C24H29Cl2N3O4S3. The molecule has 1 aliphatic heterocycles. The summed E-state index contributed by atoms with van der Waals surface area (Å²) in [5.74, 6) is 0.847. The molecular weight excluding hydrogens is 561 g/mol.